The van der Waals surface area contributed by atoms with E-state index < -0.39 is 0 Å². The van der Waals surface area contributed by atoms with Gasteiger partial charge in [-0.3, -0.25) is 4.79 Å². The van der Waals surface area contributed by atoms with Crippen LogP contribution >= 0.6 is 0 Å². The number of nitrogens with zero attached hydrogens (tertiary/aromatic N) is 3. The van der Waals surface area contributed by atoms with Gasteiger partial charge < -0.3 is 19.1 Å². The fraction of sp³-hybridized carbons (Fsp3) is 0.533. The van der Waals surface area contributed by atoms with E-state index in [1.807, 2.05) is 6.92 Å². The normalized spacial score (nSPS) is 18.6. The molecule has 1 saturated heterocycles. The third kappa shape index (κ3) is 3.04. The van der Waals surface area contributed by atoms with Gasteiger partial charge in [-0.25, -0.2) is 4.98 Å². The van der Waals surface area contributed by atoms with Crippen LogP contribution in [0.2, 0.25) is 0 Å². The van der Waals surface area contributed by atoms with Crippen LogP contribution in [0.1, 0.15) is 47.2 Å². The fourth-order valence-electron chi connectivity index (χ4n) is 2.54. The first-order valence-electron chi connectivity index (χ1n) is 7.55. The molecule has 3 rings (SSSR count). The van der Waals surface area contributed by atoms with Crippen molar-refractivity contribution >= 4 is 5.91 Å². The van der Waals surface area contributed by atoms with Crippen LogP contribution in [0.3, 0.4) is 0 Å². The van der Waals surface area contributed by atoms with Gasteiger partial charge in [0.1, 0.15) is 17.7 Å². The van der Waals surface area contributed by atoms with Crippen molar-refractivity contribution in [2.45, 2.75) is 32.8 Å². The first-order chi connectivity index (χ1) is 10.7. The average molecular weight is 304 g/mol. The topological polar surface area (TPSA) is 84.3 Å². The Bertz CT molecular complexity index is 649. The van der Waals surface area contributed by atoms with Gasteiger partial charge in [0.15, 0.2) is 5.69 Å². The summed E-state index contributed by atoms with van der Waals surface area (Å²) in [6, 6.07) is 1.73. The minimum atomic E-state index is -0.228. The highest BCUT2D eigenvalue weighted by molar-refractivity contribution is 5.92. The molecule has 22 heavy (non-hydrogen) atoms. The predicted octanol–water partition coefficient (Wildman–Crippen LogP) is 1.87. The number of nitrogens with one attached hydrogen (secondary N) is 1. The first kappa shape index (κ1) is 14.8. The molecule has 3 heterocycles. The Balaban J connectivity index is 1.69. The van der Waals surface area contributed by atoms with Gasteiger partial charge in [-0.2, -0.15) is 0 Å². The Morgan fingerprint density at radius 3 is 3.14 bits per heavy atom. The number of carbonyl (C=O) groups excluding carboxylic acids is 1. The molecule has 1 unspecified atom stereocenters. The molecule has 7 heteroatoms. The highest BCUT2D eigenvalue weighted by atomic mass is 16.5. The van der Waals surface area contributed by atoms with Gasteiger partial charge in [0.2, 0.25) is 0 Å². The Labute approximate surface area is 128 Å². The summed E-state index contributed by atoms with van der Waals surface area (Å²) in [5.41, 5.74) is 1.34. The zero-order valence-electron chi connectivity index (χ0n) is 12.8. The third-order valence-corrected chi connectivity index (χ3v) is 3.66. The standard InChI is InChI=1S/C15H20N4O3/c1-3-4-11-7-12(18-22-11)15(20)19-5-6-21-13(9-19)14-16-8-10(2)17-14/h7-8,13H,3-6,9H2,1-2H3,(H,16,17). The number of aromatic amines is 1. The lowest BCUT2D eigenvalue weighted by molar-refractivity contribution is -0.0267. The first-order valence-corrected chi connectivity index (χ1v) is 7.55. The van der Waals surface area contributed by atoms with Crippen LogP contribution in [-0.4, -0.2) is 45.6 Å². The molecule has 118 valence electrons. The lowest BCUT2D eigenvalue weighted by Gasteiger charge is -2.31. The van der Waals surface area contributed by atoms with Crippen molar-refractivity contribution in [2.24, 2.45) is 0 Å². The minimum absolute atomic E-state index is 0.123. The molecule has 1 atom stereocenters. The lowest BCUT2D eigenvalue weighted by atomic mass is 10.2. The molecule has 0 aliphatic carbocycles. The summed E-state index contributed by atoms with van der Waals surface area (Å²) in [5, 5.41) is 3.88. The van der Waals surface area contributed by atoms with Crippen molar-refractivity contribution in [1.29, 1.82) is 0 Å². The number of carbonyl (C=O) groups is 1. The van der Waals surface area contributed by atoms with Gasteiger partial charge in [-0.1, -0.05) is 12.1 Å². The maximum atomic E-state index is 12.5. The van der Waals surface area contributed by atoms with Crippen molar-refractivity contribution in [1.82, 2.24) is 20.0 Å². The summed E-state index contributed by atoms with van der Waals surface area (Å²) in [4.78, 5) is 21.7. The molecule has 1 N–H and O–H groups in total. The van der Waals surface area contributed by atoms with Crippen LogP contribution in [0.25, 0.3) is 0 Å². The highest BCUT2D eigenvalue weighted by Gasteiger charge is 2.29. The lowest BCUT2D eigenvalue weighted by Crippen LogP contribution is -2.42. The molecule has 0 bridgehead atoms. The fourth-order valence-corrected chi connectivity index (χ4v) is 2.54. The van der Waals surface area contributed by atoms with Crippen LogP contribution in [0, 0.1) is 6.92 Å². The molecule has 0 spiro atoms. The van der Waals surface area contributed by atoms with Crippen molar-refractivity contribution < 1.29 is 14.1 Å². The number of aryl methyl sites for hydroxylation is 2. The minimum Gasteiger partial charge on any atom is -0.367 e. The number of imidazole rings is 1. The number of morpholine rings is 1. The summed E-state index contributed by atoms with van der Waals surface area (Å²) < 4.78 is 10.9. The number of hydrogen-bond donors (Lipinski definition) is 1. The zero-order chi connectivity index (χ0) is 15.5. The molecule has 0 saturated carbocycles. The monoisotopic (exact) mass is 304 g/mol. The summed E-state index contributed by atoms with van der Waals surface area (Å²) in [7, 11) is 0. The number of aromatic nitrogens is 3. The van der Waals surface area contributed by atoms with Gasteiger partial charge in [-0.15, -0.1) is 0 Å². The Morgan fingerprint density at radius 2 is 2.41 bits per heavy atom. The molecule has 0 aromatic carbocycles. The summed E-state index contributed by atoms with van der Waals surface area (Å²) in [6.07, 6.45) is 3.28. The van der Waals surface area contributed by atoms with Gasteiger partial charge in [-0.05, 0) is 13.3 Å². The molecule has 2 aromatic heterocycles. The van der Waals surface area contributed by atoms with Crippen molar-refractivity contribution in [3.05, 3.63) is 35.2 Å². The quantitative estimate of drug-likeness (QED) is 0.932. The van der Waals surface area contributed by atoms with Crippen LogP contribution in [0.15, 0.2) is 16.8 Å². The van der Waals surface area contributed by atoms with E-state index in [9.17, 15) is 4.79 Å². The van der Waals surface area contributed by atoms with Gasteiger partial charge in [0, 0.05) is 30.9 Å². The predicted molar refractivity (Wildman–Crippen MR) is 78.4 cm³/mol. The second-order valence-corrected chi connectivity index (χ2v) is 5.49. The second-order valence-electron chi connectivity index (χ2n) is 5.49. The molecule has 7 nitrogen and oxygen atoms in total. The number of ether oxygens (including phenoxy) is 1. The van der Waals surface area contributed by atoms with E-state index in [4.69, 9.17) is 9.26 Å². The largest absolute Gasteiger partial charge is 0.367 e. The van der Waals surface area contributed by atoms with E-state index in [0.29, 0.717) is 25.4 Å². The Morgan fingerprint density at radius 1 is 1.55 bits per heavy atom. The zero-order valence-corrected chi connectivity index (χ0v) is 12.8. The van der Waals surface area contributed by atoms with E-state index in [1.54, 1.807) is 17.2 Å². The number of rotatable bonds is 4. The van der Waals surface area contributed by atoms with Gasteiger partial charge >= 0.3 is 0 Å². The molecule has 0 radical (unpaired) electrons. The third-order valence-electron chi connectivity index (χ3n) is 3.66. The van der Waals surface area contributed by atoms with Crippen LogP contribution in [0.4, 0.5) is 0 Å². The van der Waals surface area contributed by atoms with Crippen molar-refractivity contribution in [3.8, 4) is 0 Å². The molecule has 1 aliphatic heterocycles. The molecule has 1 aliphatic rings. The molecule has 1 fully saturated rings. The molecule has 1 amide bonds. The van der Waals surface area contributed by atoms with E-state index in [-0.39, 0.29) is 12.0 Å². The maximum absolute atomic E-state index is 12.5. The average Bonchev–Trinajstić information content (AvgIpc) is 3.16. The number of hydrogen-bond acceptors (Lipinski definition) is 5. The molecular weight excluding hydrogens is 284 g/mol. The maximum Gasteiger partial charge on any atom is 0.276 e. The number of H-pyrrole nitrogens is 1. The smallest absolute Gasteiger partial charge is 0.276 e. The SMILES string of the molecule is CCCc1cc(C(=O)N2CCOC(c3ncc(C)[nH]3)C2)no1. The summed E-state index contributed by atoms with van der Waals surface area (Å²) >= 11 is 0. The van der Waals surface area contributed by atoms with Crippen molar-refractivity contribution in [2.75, 3.05) is 19.7 Å². The van der Waals surface area contributed by atoms with Crippen LogP contribution in [0.5, 0.6) is 0 Å². The van der Waals surface area contributed by atoms with E-state index in [0.717, 1.165) is 30.1 Å². The van der Waals surface area contributed by atoms with E-state index >= 15 is 0 Å². The molecule has 2 aromatic rings. The second kappa shape index (κ2) is 6.31. The number of amides is 1. The summed E-state index contributed by atoms with van der Waals surface area (Å²) in [6.45, 7) is 5.48. The van der Waals surface area contributed by atoms with E-state index in [2.05, 4.69) is 22.0 Å². The van der Waals surface area contributed by atoms with Gasteiger partial charge in [0.05, 0.1) is 13.2 Å². The van der Waals surface area contributed by atoms with Gasteiger partial charge in [0.25, 0.3) is 5.91 Å². The Hall–Kier alpha value is -2.15. The highest BCUT2D eigenvalue weighted by Crippen LogP contribution is 2.21. The van der Waals surface area contributed by atoms with Crippen LogP contribution in [-0.2, 0) is 11.2 Å². The van der Waals surface area contributed by atoms with E-state index in [1.165, 1.54) is 0 Å². The summed E-state index contributed by atoms with van der Waals surface area (Å²) in [5.74, 6) is 1.38. The van der Waals surface area contributed by atoms with Crippen molar-refractivity contribution in [3.63, 3.8) is 0 Å². The Kier molecular flexibility index (Phi) is 4.24. The molecular formula is C15H20N4O3. The van der Waals surface area contributed by atoms with Crippen LogP contribution < -0.4 is 0 Å².